The highest BCUT2D eigenvalue weighted by atomic mass is 19.1. The Hall–Kier alpha value is -1.13. The number of piperidine rings is 1. The molecule has 1 aliphatic rings. The average molecular weight is 203 g/mol. The van der Waals surface area contributed by atoms with E-state index in [-0.39, 0.29) is 6.54 Å². The van der Waals surface area contributed by atoms with E-state index in [1.807, 2.05) is 0 Å². The molecule has 14 heavy (non-hydrogen) atoms. The fourth-order valence-corrected chi connectivity index (χ4v) is 1.51. The molecule has 0 spiro atoms. The van der Waals surface area contributed by atoms with Crippen LogP contribution in [0.3, 0.4) is 0 Å². The van der Waals surface area contributed by atoms with Gasteiger partial charge in [-0.3, -0.25) is 9.59 Å². The molecule has 0 aromatic heterocycles. The first-order valence-electron chi connectivity index (χ1n) is 4.68. The Labute approximate surface area is 81.7 Å². The highest BCUT2D eigenvalue weighted by Gasteiger charge is 2.29. The summed E-state index contributed by atoms with van der Waals surface area (Å²) in [6.45, 7) is 1.83. The second-order valence-electron chi connectivity index (χ2n) is 3.58. The molecule has 0 saturated carbocycles. The molecule has 1 fully saturated rings. The van der Waals surface area contributed by atoms with E-state index < -0.39 is 24.0 Å². The fraction of sp³-hybridized carbons (Fsp3) is 0.778. The van der Waals surface area contributed by atoms with E-state index in [1.54, 1.807) is 0 Å². The summed E-state index contributed by atoms with van der Waals surface area (Å²) in [5.74, 6) is -2.71. The van der Waals surface area contributed by atoms with Gasteiger partial charge in [0.05, 0.1) is 6.54 Å². The van der Waals surface area contributed by atoms with E-state index in [4.69, 9.17) is 5.11 Å². The SMILES string of the molecule is CC(C(=O)O)C(=O)N1CCCC(F)C1. The fourth-order valence-electron chi connectivity index (χ4n) is 1.51. The summed E-state index contributed by atoms with van der Waals surface area (Å²) in [4.78, 5) is 23.3. The first-order chi connectivity index (χ1) is 6.52. The molecule has 5 heteroatoms. The second kappa shape index (κ2) is 4.39. The number of amides is 1. The minimum atomic E-state index is -1.16. The molecule has 1 amide bonds. The summed E-state index contributed by atoms with van der Waals surface area (Å²) >= 11 is 0. The van der Waals surface area contributed by atoms with Crippen molar-refractivity contribution in [2.24, 2.45) is 5.92 Å². The standard InChI is InChI=1S/C9H14FNO3/c1-6(9(13)14)8(12)11-4-2-3-7(10)5-11/h6-7H,2-5H2,1H3,(H,13,14). The molecule has 0 aromatic rings. The van der Waals surface area contributed by atoms with E-state index in [9.17, 15) is 14.0 Å². The zero-order valence-corrected chi connectivity index (χ0v) is 8.07. The Kier molecular flexibility index (Phi) is 3.43. The van der Waals surface area contributed by atoms with E-state index >= 15 is 0 Å². The summed E-state index contributed by atoms with van der Waals surface area (Å²) < 4.78 is 12.9. The number of rotatable bonds is 2. The lowest BCUT2D eigenvalue weighted by Crippen LogP contribution is -2.44. The molecular formula is C9H14FNO3. The van der Waals surface area contributed by atoms with Crippen LogP contribution in [0.1, 0.15) is 19.8 Å². The highest BCUT2D eigenvalue weighted by molar-refractivity contribution is 5.96. The molecule has 0 radical (unpaired) electrons. The molecule has 4 nitrogen and oxygen atoms in total. The number of alkyl halides is 1. The Morgan fingerprint density at radius 3 is 2.71 bits per heavy atom. The normalized spacial score (nSPS) is 24.4. The van der Waals surface area contributed by atoms with Gasteiger partial charge < -0.3 is 10.0 Å². The van der Waals surface area contributed by atoms with Crippen LogP contribution in [0.25, 0.3) is 0 Å². The summed E-state index contributed by atoms with van der Waals surface area (Å²) in [7, 11) is 0. The van der Waals surface area contributed by atoms with Gasteiger partial charge in [0.25, 0.3) is 0 Å². The van der Waals surface area contributed by atoms with Gasteiger partial charge in [-0.15, -0.1) is 0 Å². The lowest BCUT2D eigenvalue weighted by atomic mass is 10.1. The van der Waals surface area contributed by atoms with Crippen LogP contribution in [-0.4, -0.2) is 41.1 Å². The molecule has 1 N–H and O–H groups in total. The molecular weight excluding hydrogens is 189 g/mol. The summed E-state index contributed by atoms with van der Waals surface area (Å²) in [5, 5.41) is 8.61. The third-order valence-electron chi connectivity index (χ3n) is 2.42. The summed E-state index contributed by atoms with van der Waals surface area (Å²) in [5.41, 5.74) is 0. The number of carboxylic acids is 1. The molecule has 1 heterocycles. The van der Waals surface area contributed by atoms with Crippen LogP contribution in [0.5, 0.6) is 0 Å². The van der Waals surface area contributed by atoms with Crippen molar-refractivity contribution in [2.45, 2.75) is 25.9 Å². The zero-order chi connectivity index (χ0) is 10.7. The number of carbonyl (C=O) groups excluding carboxylic acids is 1. The molecule has 80 valence electrons. The molecule has 0 bridgehead atoms. The predicted octanol–water partition coefficient (Wildman–Crippen LogP) is 0.668. The zero-order valence-electron chi connectivity index (χ0n) is 8.07. The number of carbonyl (C=O) groups is 2. The van der Waals surface area contributed by atoms with Gasteiger partial charge in [0.15, 0.2) is 0 Å². The largest absolute Gasteiger partial charge is 0.481 e. The lowest BCUT2D eigenvalue weighted by Gasteiger charge is -2.30. The Morgan fingerprint density at radius 1 is 1.57 bits per heavy atom. The molecule has 1 saturated heterocycles. The van der Waals surface area contributed by atoms with Crippen LogP contribution in [0.2, 0.25) is 0 Å². The van der Waals surface area contributed by atoms with Crippen LogP contribution in [-0.2, 0) is 9.59 Å². The molecule has 0 aromatic carbocycles. The summed E-state index contributed by atoms with van der Waals surface area (Å²) in [6.07, 6.45) is 0.0680. The quantitative estimate of drug-likeness (QED) is 0.671. The van der Waals surface area contributed by atoms with Crippen molar-refractivity contribution in [1.29, 1.82) is 0 Å². The lowest BCUT2D eigenvalue weighted by molar-refractivity contribution is -0.151. The number of likely N-dealkylation sites (tertiary alicyclic amines) is 1. The van der Waals surface area contributed by atoms with Gasteiger partial charge in [-0.25, -0.2) is 4.39 Å². The van der Waals surface area contributed by atoms with E-state index in [0.717, 1.165) is 0 Å². The van der Waals surface area contributed by atoms with Crippen molar-refractivity contribution in [1.82, 2.24) is 4.90 Å². The van der Waals surface area contributed by atoms with Crippen molar-refractivity contribution in [3.63, 3.8) is 0 Å². The van der Waals surface area contributed by atoms with Gasteiger partial charge in [-0.1, -0.05) is 0 Å². The van der Waals surface area contributed by atoms with Crippen LogP contribution in [0, 0.1) is 5.92 Å². The van der Waals surface area contributed by atoms with Crippen LogP contribution >= 0.6 is 0 Å². The Morgan fingerprint density at radius 2 is 2.21 bits per heavy atom. The Bertz CT molecular complexity index is 244. The highest BCUT2D eigenvalue weighted by Crippen LogP contribution is 2.15. The topological polar surface area (TPSA) is 57.6 Å². The molecule has 2 unspecified atom stereocenters. The number of nitrogens with zero attached hydrogens (tertiary/aromatic N) is 1. The minimum absolute atomic E-state index is 0.0381. The minimum Gasteiger partial charge on any atom is -0.481 e. The van der Waals surface area contributed by atoms with Gasteiger partial charge in [-0.2, -0.15) is 0 Å². The number of hydrogen-bond acceptors (Lipinski definition) is 2. The number of carboxylic acid groups (broad SMARTS) is 1. The number of halogens is 1. The monoisotopic (exact) mass is 203 g/mol. The van der Waals surface area contributed by atoms with E-state index in [0.29, 0.717) is 19.4 Å². The average Bonchev–Trinajstić information content (AvgIpc) is 2.15. The first kappa shape index (κ1) is 10.9. The van der Waals surface area contributed by atoms with Gasteiger partial charge in [0.1, 0.15) is 12.1 Å². The van der Waals surface area contributed by atoms with Crippen LogP contribution in [0.4, 0.5) is 4.39 Å². The maximum Gasteiger partial charge on any atom is 0.315 e. The van der Waals surface area contributed by atoms with Crippen LogP contribution < -0.4 is 0 Å². The smallest absolute Gasteiger partial charge is 0.315 e. The van der Waals surface area contributed by atoms with Gasteiger partial charge in [0.2, 0.25) is 5.91 Å². The summed E-state index contributed by atoms with van der Waals surface area (Å²) in [6, 6.07) is 0. The van der Waals surface area contributed by atoms with Crippen molar-refractivity contribution >= 4 is 11.9 Å². The number of aliphatic carboxylic acids is 1. The van der Waals surface area contributed by atoms with E-state index in [2.05, 4.69) is 0 Å². The Balaban J connectivity index is 2.55. The maximum atomic E-state index is 12.9. The van der Waals surface area contributed by atoms with Crippen molar-refractivity contribution in [3.8, 4) is 0 Å². The van der Waals surface area contributed by atoms with Gasteiger partial charge >= 0.3 is 5.97 Å². The van der Waals surface area contributed by atoms with Gasteiger partial charge in [0, 0.05) is 6.54 Å². The second-order valence-corrected chi connectivity index (χ2v) is 3.58. The molecule has 1 aliphatic heterocycles. The predicted molar refractivity (Wildman–Crippen MR) is 47.5 cm³/mol. The van der Waals surface area contributed by atoms with E-state index in [1.165, 1.54) is 11.8 Å². The third kappa shape index (κ3) is 2.43. The maximum absolute atomic E-state index is 12.9. The third-order valence-corrected chi connectivity index (χ3v) is 2.42. The van der Waals surface area contributed by atoms with Crippen molar-refractivity contribution < 1.29 is 19.1 Å². The van der Waals surface area contributed by atoms with Crippen LogP contribution in [0.15, 0.2) is 0 Å². The van der Waals surface area contributed by atoms with Crippen molar-refractivity contribution in [2.75, 3.05) is 13.1 Å². The molecule has 2 atom stereocenters. The van der Waals surface area contributed by atoms with Gasteiger partial charge in [-0.05, 0) is 19.8 Å². The number of hydrogen-bond donors (Lipinski definition) is 1. The molecule has 0 aliphatic carbocycles. The van der Waals surface area contributed by atoms with Crippen molar-refractivity contribution in [3.05, 3.63) is 0 Å². The molecule has 1 rings (SSSR count). The first-order valence-corrected chi connectivity index (χ1v) is 4.68.